The minimum Gasteiger partial charge on any atom is -0.354 e. The number of aromatic nitrogens is 1. The standard InChI is InChI=1S/C20H20FN3O.ClH/c21-16-5-6-18-19(12-16)25-22-20(18)24-9-7-23(8-10-24)13-15-11-14-3-1-2-4-17(14)15;/h1-6,12,15H,7-11,13H2;1H/t15-;/m0./s1. The van der Waals surface area contributed by atoms with E-state index in [1.165, 1.54) is 29.7 Å². The maximum absolute atomic E-state index is 13.3. The smallest absolute Gasteiger partial charge is 0.180 e. The molecule has 0 saturated carbocycles. The molecular weight excluding hydrogens is 353 g/mol. The summed E-state index contributed by atoms with van der Waals surface area (Å²) in [5.41, 5.74) is 3.55. The molecule has 2 aromatic carbocycles. The molecule has 1 aromatic heterocycles. The van der Waals surface area contributed by atoms with Crippen LogP contribution in [0.4, 0.5) is 10.2 Å². The maximum Gasteiger partial charge on any atom is 0.180 e. The lowest BCUT2D eigenvalue weighted by Crippen LogP contribution is -2.48. The highest BCUT2D eigenvalue weighted by molar-refractivity contribution is 5.88. The third-order valence-corrected chi connectivity index (χ3v) is 5.53. The highest BCUT2D eigenvalue weighted by Gasteiger charge is 2.29. The van der Waals surface area contributed by atoms with E-state index < -0.39 is 0 Å². The molecule has 0 radical (unpaired) electrons. The molecule has 3 aromatic rings. The van der Waals surface area contributed by atoms with Crippen LogP contribution in [0.15, 0.2) is 47.0 Å². The van der Waals surface area contributed by atoms with Gasteiger partial charge in [-0.1, -0.05) is 29.4 Å². The lowest BCUT2D eigenvalue weighted by Gasteiger charge is -2.39. The number of hydrogen-bond donors (Lipinski definition) is 0. The first-order chi connectivity index (χ1) is 12.3. The van der Waals surface area contributed by atoms with E-state index in [4.69, 9.17) is 4.52 Å². The van der Waals surface area contributed by atoms with Crippen molar-refractivity contribution in [2.45, 2.75) is 12.3 Å². The van der Waals surface area contributed by atoms with E-state index in [0.29, 0.717) is 11.5 Å². The zero-order valence-electron chi connectivity index (χ0n) is 14.4. The molecule has 1 aliphatic heterocycles. The minimum atomic E-state index is -0.291. The number of piperazine rings is 1. The Hall–Kier alpha value is -2.11. The fourth-order valence-electron chi connectivity index (χ4n) is 4.11. The Kier molecular flexibility index (Phi) is 4.59. The molecule has 1 saturated heterocycles. The Bertz CT molecular complexity index is 920. The Labute approximate surface area is 158 Å². The third-order valence-electron chi connectivity index (χ3n) is 5.53. The van der Waals surface area contributed by atoms with Crippen molar-refractivity contribution in [3.8, 4) is 0 Å². The molecule has 0 N–H and O–H groups in total. The van der Waals surface area contributed by atoms with Crippen molar-refractivity contribution in [2.75, 3.05) is 37.6 Å². The van der Waals surface area contributed by atoms with Gasteiger partial charge >= 0.3 is 0 Å². The fourth-order valence-corrected chi connectivity index (χ4v) is 4.11. The van der Waals surface area contributed by atoms with Crippen molar-refractivity contribution in [3.05, 3.63) is 59.4 Å². The summed E-state index contributed by atoms with van der Waals surface area (Å²) >= 11 is 0. The molecule has 5 rings (SSSR count). The van der Waals surface area contributed by atoms with Crippen LogP contribution in [0.2, 0.25) is 0 Å². The second-order valence-corrected chi connectivity index (χ2v) is 7.03. The van der Waals surface area contributed by atoms with Crippen molar-refractivity contribution in [3.63, 3.8) is 0 Å². The average Bonchev–Trinajstić information content (AvgIpc) is 3.03. The summed E-state index contributed by atoms with van der Waals surface area (Å²) in [6.07, 6.45) is 1.20. The molecular formula is C20H21ClFN3O. The molecule has 2 aliphatic rings. The molecule has 1 fully saturated rings. The fraction of sp³-hybridized carbons (Fsp3) is 0.350. The number of rotatable bonds is 3. The molecule has 0 spiro atoms. The predicted molar refractivity (Wildman–Crippen MR) is 103 cm³/mol. The number of benzene rings is 2. The van der Waals surface area contributed by atoms with Gasteiger partial charge in [-0.05, 0) is 29.7 Å². The Morgan fingerprint density at radius 3 is 2.69 bits per heavy atom. The van der Waals surface area contributed by atoms with Crippen molar-refractivity contribution in [2.24, 2.45) is 0 Å². The molecule has 26 heavy (non-hydrogen) atoms. The number of anilines is 1. The van der Waals surface area contributed by atoms with Gasteiger partial charge in [-0.3, -0.25) is 4.90 Å². The summed E-state index contributed by atoms with van der Waals surface area (Å²) in [6.45, 7) is 5.03. The van der Waals surface area contributed by atoms with Crippen LogP contribution in [0.5, 0.6) is 0 Å². The summed E-state index contributed by atoms with van der Waals surface area (Å²) < 4.78 is 18.6. The first kappa shape index (κ1) is 17.3. The Morgan fingerprint density at radius 1 is 1.08 bits per heavy atom. The van der Waals surface area contributed by atoms with E-state index >= 15 is 0 Å². The number of fused-ring (bicyclic) bond motifs is 2. The van der Waals surface area contributed by atoms with Gasteiger partial charge in [0, 0.05) is 44.7 Å². The monoisotopic (exact) mass is 373 g/mol. The van der Waals surface area contributed by atoms with Crippen molar-refractivity contribution >= 4 is 29.2 Å². The quantitative estimate of drug-likeness (QED) is 0.698. The van der Waals surface area contributed by atoms with Crippen LogP contribution in [0.3, 0.4) is 0 Å². The number of halogens is 2. The van der Waals surface area contributed by atoms with Crippen molar-refractivity contribution in [1.29, 1.82) is 0 Å². The summed E-state index contributed by atoms with van der Waals surface area (Å²) in [4.78, 5) is 4.79. The zero-order chi connectivity index (χ0) is 16.8. The maximum atomic E-state index is 13.3. The Morgan fingerprint density at radius 2 is 1.88 bits per heavy atom. The molecule has 1 aliphatic carbocycles. The second kappa shape index (κ2) is 6.89. The topological polar surface area (TPSA) is 32.5 Å². The predicted octanol–water partition coefficient (Wildman–Crippen LogP) is 3.85. The van der Waals surface area contributed by atoms with Crippen LogP contribution in [-0.2, 0) is 6.42 Å². The van der Waals surface area contributed by atoms with E-state index in [9.17, 15) is 4.39 Å². The second-order valence-electron chi connectivity index (χ2n) is 7.03. The van der Waals surface area contributed by atoms with Crippen LogP contribution < -0.4 is 4.90 Å². The summed E-state index contributed by atoms with van der Waals surface area (Å²) in [5, 5.41) is 5.06. The van der Waals surface area contributed by atoms with Gasteiger partial charge in [-0.2, -0.15) is 0 Å². The van der Waals surface area contributed by atoms with Crippen LogP contribution in [0.25, 0.3) is 11.0 Å². The molecule has 0 amide bonds. The van der Waals surface area contributed by atoms with E-state index in [2.05, 4.69) is 39.2 Å². The molecule has 136 valence electrons. The van der Waals surface area contributed by atoms with Gasteiger partial charge in [-0.25, -0.2) is 4.39 Å². The highest BCUT2D eigenvalue weighted by Crippen LogP contribution is 2.35. The molecule has 2 heterocycles. The third kappa shape index (κ3) is 2.95. The first-order valence-electron chi connectivity index (χ1n) is 8.88. The van der Waals surface area contributed by atoms with Gasteiger partial charge in [0.2, 0.25) is 0 Å². The van der Waals surface area contributed by atoms with Crippen LogP contribution in [0, 0.1) is 5.82 Å². The van der Waals surface area contributed by atoms with Crippen LogP contribution >= 0.6 is 12.4 Å². The lowest BCUT2D eigenvalue weighted by atomic mass is 9.77. The summed E-state index contributed by atoms with van der Waals surface area (Å²) in [5.74, 6) is 1.23. The number of hydrogen-bond acceptors (Lipinski definition) is 4. The molecule has 0 unspecified atom stereocenters. The van der Waals surface area contributed by atoms with Gasteiger partial charge < -0.3 is 9.42 Å². The molecule has 4 nitrogen and oxygen atoms in total. The van der Waals surface area contributed by atoms with Gasteiger partial charge in [0.1, 0.15) is 5.82 Å². The van der Waals surface area contributed by atoms with E-state index in [1.54, 1.807) is 6.07 Å². The van der Waals surface area contributed by atoms with Gasteiger partial charge in [-0.15, -0.1) is 12.4 Å². The summed E-state index contributed by atoms with van der Waals surface area (Å²) in [7, 11) is 0. The van der Waals surface area contributed by atoms with E-state index in [1.807, 2.05) is 0 Å². The minimum absolute atomic E-state index is 0. The first-order valence-corrected chi connectivity index (χ1v) is 8.88. The van der Waals surface area contributed by atoms with E-state index in [0.717, 1.165) is 43.9 Å². The zero-order valence-corrected chi connectivity index (χ0v) is 15.2. The van der Waals surface area contributed by atoms with Crippen molar-refractivity contribution < 1.29 is 8.91 Å². The normalized spacial score (nSPS) is 19.7. The average molecular weight is 374 g/mol. The SMILES string of the molecule is Cl.Fc1ccc2c(N3CCN(C[C@@H]4Cc5ccccc54)CC3)noc2c1. The highest BCUT2D eigenvalue weighted by atomic mass is 35.5. The Balaban J connectivity index is 0.00000168. The van der Waals surface area contributed by atoms with Gasteiger partial charge in [0.05, 0.1) is 5.39 Å². The van der Waals surface area contributed by atoms with Crippen LogP contribution in [0.1, 0.15) is 17.0 Å². The van der Waals surface area contributed by atoms with Crippen molar-refractivity contribution in [1.82, 2.24) is 10.1 Å². The van der Waals surface area contributed by atoms with Gasteiger partial charge in [0.15, 0.2) is 11.4 Å². The van der Waals surface area contributed by atoms with Gasteiger partial charge in [0.25, 0.3) is 0 Å². The van der Waals surface area contributed by atoms with E-state index in [-0.39, 0.29) is 18.2 Å². The number of nitrogens with zero attached hydrogens (tertiary/aromatic N) is 3. The van der Waals surface area contributed by atoms with Crippen LogP contribution in [-0.4, -0.2) is 42.8 Å². The lowest BCUT2D eigenvalue weighted by molar-refractivity contribution is 0.233. The largest absolute Gasteiger partial charge is 0.354 e. The molecule has 0 bridgehead atoms. The molecule has 1 atom stereocenters. The molecule has 6 heteroatoms. The summed E-state index contributed by atoms with van der Waals surface area (Å²) in [6, 6.07) is 13.4.